The first-order valence-corrected chi connectivity index (χ1v) is 11.0. The number of ether oxygens (including phenoxy) is 2. The molecule has 0 aromatic heterocycles. The van der Waals surface area contributed by atoms with Crippen molar-refractivity contribution in [2.24, 2.45) is 5.92 Å². The highest BCUT2D eigenvalue weighted by atomic mass is 16.5. The lowest BCUT2D eigenvalue weighted by molar-refractivity contribution is -0.129. The first-order chi connectivity index (χ1) is 16.1. The molecule has 1 N–H and O–H groups in total. The molecule has 33 heavy (non-hydrogen) atoms. The number of amides is 2. The molecule has 170 valence electrons. The number of anilines is 1. The smallest absolute Gasteiger partial charge is 0.227 e. The van der Waals surface area contributed by atoms with Crippen LogP contribution < -0.4 is 19.7 Å². The highest BCUT2D eigenvalue weighted by Gasteiger charge is 2.42. The van der Waals surface area contributed by atoms with Crippen LogP contribution in [0.4, 0.5) is 5.69 Å². The molecule has 6 nitrogen and oxygen atoms in total. The first-order valence-electron chi connectivity index (χ1n) is 11.0. The molecule has 0 unspecified atom stereocenters. The van der Waals surface area contributed by atoms with Gasteiger partial charge in [-0.3, -0.25) is 9.59 Å². The molecule has 3 aromatic rings. The zero-order valence-corrected chi connectivity index (χ0v) is 18.9. The van der Waals surface area contributed by atoms with E-state index in [-0.39, 0.29) is 11.8 Å². The molecule has 0 bridgehead atoms. The van der Waals surface area contributed by atoms with Gasteiger partial charge in [0.15, 0.2) is 0 Å². The molecule has 0 aliphatic carbocycles. The molecule has 1 saturated heterocycles. The minimum absolute atomic E-state index is 0.0248. The van der Waals surface area contributed by atoms with Crippen molar-refractivity contribution in [2.45, 2.75) is 25.4 Å². The maximum atomic E-state index is 13.4. The van der Waals surface area contributed by atoms with E-state index in [1.165, 1.54) is 0 Å². The summed E-state index contributed by atoms with van der Waals surface area (Å²) in [7, 11) is 3.21. The second-order valence-corrected chi connectivity index (χ2v) is 8.00. The summed E-state index contributed by atoms with van der Waals surface area (Å²) in [5, 5.41) is 3.07. The zero-order valence-electron chi connectivity index (χ0n) is 18.9. The van der Waals surface area contributed by atoms with Gasteiger partial charge in [-0.2, -0.15) is 0 Å². The van der Waals surface area contributed by atoms with Crippen LogP contribution in [-0.2, 0) is 16.1 Å². The van der Waals surface area contributed by atoms with Crippen LogP contribution in [-0.4, -0.2) is 26.0 Å². The van der Waals surface area contributed by atoms with Crippen molar-refractivity contribution < 1.29 is 19.1 Å². The zero-order chi connectivity index (χ0) is 23.2. The highest BCUT2D eigenvalue weighted by molar-refractivity contribution is 5.97. The maximum Gasteiger partial charge on any atom is 0.227 e. The van der Waals surface area contributed by atoms with Crippen LogP contribution in [0.1, 0.15) is 30.0 Å². The third-order valence-corrected chi connectivity index (χ3v) is 6.05. The van der Waals surface area contributed by atoms with Crippen LogP contribution in [0.2, 0.25) is 0 Å². The normalized spacial score (nSPS) is 18.0. The van der Waals surface area contributed by atoms with Crippen LogP contribution >= 0.6 is 0 Å². The van der Waals surface area contributed by atoms with Crippen molar-refractivity contribution in [3.8, 4) is 11.5 Å². The van der Waals surface area contributed by atoms with E-state index >= 15 is 0 Å². The summed E-state index contributed by atoms with van der Waals surface area (Å²) in [5.74, 6) is 0.819. The van der Waals surface area contributed by atoms with E-state index in [4.69, 9.17) is 9.47 Å². The van der Waals surface area contributed by atoms with Gasteiger partial charge in [-0.15, -0.1) is 0 Å². The second-order valence-electron chi connectivity index (χ2n) is 8.00. The van der Waals surface area contributed by atoms with E-state index in [9.17, 15) is 9.59 Å². The largest absolute Gasteiger partial charge is 0.497 e. The van der Waals surface area contributed by atoms with Gasteiger partial charge >= 0.3 is 0 Å². The van der Waals surface area contributed by atoms with E-state index in [1.54, 1.807) is 19.1 Å². The summed E-state index contributed by atoms with van der Waals surface area (Å²) < 4.78 is 10.9. The van der Waals surface area contributed by atoms with Gasteiger partial charge in [0.2, 0.25) is 11.8 Å². The number of hydrogen-bond acceptors (Lipinski definition) is 4. The Morgan fingerprint density at radius 1 is 0.939 bits per heavy atom. The third kappa shape index (κ3) is 4.85. The second kappa shape index (κ2) is 10.2. The van der Waals surface area contributed by atoms with Gasteiger partial charge in [-0.05, 0) is 42.3 Å². The van der Waals surface area contributed by atoms with Crippen LogP contribution in [0.25, 0.3) is 0 Å². The van der Waals surface area contributed by atoms with Crippen LogP contribution in [0.15, 0.2) is 78.9 Å². The van der Waals surface area contributed by atoms with E-state index in [0.29, 0.717) is 30.9 Å². The summed E-state index contributed by atoms with van der Waals surface area (Å²) >= 11 is 0. The van der Waals surface area contributed by atoms with Crippen molar-refractivity contribution in [1.82, 2.24) is 5.32 Å². The van der Waals surface area contributed by atoms with E-state index in [1.807, 2.05) is 78.9 Å². The van der Waals surface area contributed by atoms with Crippen molar-refractivity contribution >= 4 is 17.5 Å². The topological polar surface area (TPSA) is 67.9 Å². The van der Waals surface area contributed by atoms with Gasteiger partial charge in [0.25, 0.3) is 0 Å². The standard InChI is InChI=1S/C27H28N2O4/c1-32-21-14-12-20(13-15-21)29-25(30)17-16-23(26(29)22-10-6-7-11-24(22)33-2)27(31)28-18-19-8-4-3-5-9-19/h3-15,23,26H,16-18H2,1-2H3,(H,28,31)/t23-,26-/m1/s1. The number of benzene rings is 3. The molecule has 1 aliphatic heterocycles. The molecule has 1 aliphatic rings. The van der Waals surface area contributed by atoms with Gasteiger partial charge in [0.05, 0.1) is 26.2 Å². The summed E-state index contributed by atoms with van der Waals surface area (Å²) in [6, 6.07) is 24.2. The van der Waals surface area contributed by atoms with Crippen molar-refractivity contribution in [3.63, 3.8) is 0 Å². The Morgan fingerprint density at radius 3 is 2.33 bits per heavy atom. The van der Waals surface area contributed by atoms with Crippen LogP contribution in [0, 0.1) is 5.92 Å². The van der Waals surface area contributed by atoms with E-state index < -0.39 is 12.0 Å². The number of hydrogen-bond donors (Lipinski definition) is 1. The maximum absolute atomic E-state index is 13.4. The average molecular weight is 445 g/mol. The third-order valence-electron chi connectivity index (χ3n) is 6.05. The first kappa shape index (κ1) is 22.4. The number of piperidine rings is 1. The monoisotopic (exact) mass is 444 g/mol. The molecule has 0 spiro atoms. The van der Waals surface area contributed by atoms with Gasteiger partial charge < -0.3 is 19.7 Å². The van der Waals surface area contributed by atoms with E-state index in [2.05, 4.69) is 5.32 Å². The fourth-order valence-corrected chi connectivity index (χ4v) is 4.40. The fourth-order valence-electron chi connectivity index (χ4n) is 4.40. The Labute approximate surface area is 194 Å². The molecule has 6 heteroatoms. The van der Waals surface area contributed by atoms with Gasteiger partial charge in [0.1, 0.15) is 11.5 Å². The minimum atomic E-state index is -0.494. The van der Waals surface area contributed by atoms with Crippen LogP contribution in [0.3, 0.4) is 0 Å². The van der Waals surface area contributed by atoms with Gasteiger partial charge in [0, 0.05) is 24.2 Å². The molecular formula is C27H28N2O4. The van der Waals surface area contributed by atoms with Gasteiger partial charge in [-0.1, -0.05) is 48.5 Å². The number of nitrogens with zero attached hydrogens (tertiary/aromatic N) is 1. The minimum Gasteiger partial charge on any atom is -0.497 e. The Hall–Kier alpha value is -3.80. The Kier molecular flexibility index (Phi) is 6.93. The highest BCUT2D eigenvalue weighted by Crippen LogP contribution is 2.43. The Bertz CT molecular complexity index is 1100. The Balaban J connectivity index is 1.71. The van der Waals surface area contributed by atoms with Gasteiger partial charge in [-0.25, -0.2) is 0 Å². The number of para-hydroxylation sites is 1. The van der Waals surface area contributed by atoms with Crippen LogP contribution in [0.5, 0.6) is 11.5 Å². The fraction of sp³-hybridized carbons (Fsp3) is 0.259. The summed E-state index contributed by atoms with van der Waals surface area (Å²) in [5.41, 5.74) is 2.56. The predicted octanol–water partition coefficient (Wildman–Crippen LogP) is 4.50. The molecule has 2 amide bonds. The lowest BCUT2D eigenvalue weighted by Gasteiger charge is -2.41. The number of carbonyl (C=O) groups excluding carboxylic acids is 2. The molecular weight excluding hydrogens is 416 g/mol. The molecule has 0 radical (unpaired) electrons. The Morgan fingerprint density at radius 2 is 1.64 bits per heavy atom. The molecule has 3 aromatic carbocycles. The van der Waals surface area contributed by atoms with E-state index in [0.717, 1.165) is 16.8 Å². The number of nitrogens with one attached hydrogen (secondary N) is 1. The lowest BCUT2D eigenvalue weighted by atomic mass is 9.82. The number of methoxy groups -OCH3 is 2. The van der Waals surface area contributed by atoms with Crippen molar-refractivity contribution in [1.29, 1.82) is 0 Å². The quantitative estimate of drug-likeness (QED) is 0.583. The lowest BCUT2D eigenvalue weighted by Crippen LogP contribution is -2.48. The number of carbonyl (C=O) groups is 2. The summed E-state index contributed by atoms with van der Waals surface area (Å²) in [6.07, 6.45) is 0.760. The average Bonchev–Trinajstić information content (AvgIpc) is 2.87. The molecule has 4 rings (SSSR count). The molecule has 1 fully saturated rings. The molecule has 0 saturated carbocycles. The summed E-state index contributed by atoms with van der Waals surface area (Å²) in [4.78, 5) is 28.4. The SMILES string of the molecule is COc1ccc(N2C(=O)CC[C@@H](C(=O)NCc3ccccc3)[C@H]2c2ccccc2OC)cc1. The predicted molar refractivity (Wildman–Crippen MR) is 127 cm³/mol. The van der Waals surface area contributed by atoms with Crippen molar-refractivity contribution in [3.05, 3.63) is 90.0 Å². The van der Waals surface area contributed by atoms with Crippen molar-refractivity contribution in [2.75, 3.05) is 19.1 Å². The summed E-state index contributed by atoms with van der Waals surface area (Å²) in [6.45, 7) is 0.436. The molecule has 2 atom stereocenters. The number of rotatable bonds is 7. The molecule has 1 heterocycles.